The van der Waals surface area contributed by atoms with Crippen LogP contribution in [0.25, 0.3) is 21.7 Å². The molecule has 0 spiro atoms. The molecule has 4 aromatic rings. The van der Waals surface area contributed by atoms with Crippen molar-refractivity contribution in [2.45, 2.75) is 6.61 Å². The molecular weight excluding hydrogens is 290 g/mol. The second kappa shape index (κ2) is 5.53. The van der Waals surface area contributed by atoms with Crippen molar-refractivity contribution in [2.75, 3.05) is 0 Å². The molecule has 5 nitrogen and oxygen atoms in total. The minimum absolute atomic E-state index is 0.244. The quantitative estimate of drug-likeness (QED) is 0.584. The first-order valence-electron chi connectivity index (χ1n) is 7.27. The van der Waals surface area contributed by atoms with Gasteiger partial charge in [-0.05, 0) is 38.5 Å². The summed E-state index contributed by atoms with van der Waals surface area (Å²) >= 11 is 0. The Labute approximate surface area is 131 Å². The van der Waals surface area contributed by atoms with Gasteiger partial charge in [0.05, 0.1) is 5.39 Å². The van der Waals surface area contributed by atoms with Crippen molar-refractivity contribution < 1.29 is 4.84 Å². The van der Waals surface area contributed by atoms with Crippen LogP contribution in [-0.4, -0.2) is 15.2 Å². The van der Waals surface area contributed by atoms with Gasteiger partial charge in [-0.1, -0.05) is 54.6 Å². The van der Waals surface area contributed by atoms with E-state index in [4.69, 9.17) is 4.84 Å². The fraction of sp³-hybridized carbons (Fsp3) is 0.0556. The SMILES string of the molecule is O=c1c2ccccc2nnn1OCc1cccc2ccccc12. The van der Waals surface area contributed by atoms with Crippen molar-refractivity contribution in [3.63, 3.8) is 0 Å². The van der Waals surface area contributed by atoms with Crippen LogP contribution < -0.4 is 10.4 Å². The summed E-state index contributed by atoms with van der Waals surface area (Å²) < 4.78 is 0. The van der Waals surface area contributed by atoms with E-state index >= 15 is 0 Å². The fourth-order valence-electron chi connectivity index (χ4n) is 2.61. The van der Waals surface area contributed by atoms with E-state index in [-0.39, 0.29) is 12.2 Å². The predicted octanol–water partition coefficient (Wildman–Crippen LogP) is 2.57. The zero-order valence-electron chi connectivity index (χ0n) is 12.2. The molecule has 3 aromatic carbocycles. The second-order valence-corrected chi connectivity index (χ2v) is 5.20. The minimum Gasteiger partial charge on any atom is -0.388 e. The zero-order chi connectivity index (χ0) is 15.6. The summed E-state index contributed by atoms with van der Waals surface area (Å²) in [5.41, 5.74) is 1.24. The van der Waals surface area contributed by atoms with Crippen molar-refractivity contribution in [2.24, 2.45) is 0 Å². The van der Waals surface area contributed by atoms with Crippen LogP contribution >= 0.6 is 0 Å². The van der Waals surface area contributed by atoms with E-state index < -0.39 is 0 Å². The molecule has 0 aliphatic carbocycles. The molecule has 23 heavy (non-hydrogen) atoms. The van der Waals surface area contributed by atoms with E-state index in [1.165, 1.54) is 0 Å². The molecule has 0 aliphatic heterocycles. The van der Waals surface area contributed by atoms with Gasteiger partial charge in [0.1, 0.15) is 12.1 Å². The Hall–Kier alpha value is -3.21. The number of benzene rings is 3. The predicted molar refractivity (Wildman–Crippen MR) is 88.0 cm³/mol. The highest BCUT2D eigenvalue weighted by Gasteiger charge is 2.07. The molecule has 112 valence electrons. The summed E-state index contributed by atoms with van der Waals surface area (Å²) in [5, 5.41) is 10.5. The van der Waals surface area contributed by atoms with Crippen LogP contribution in [0.3, 0.4) is 0 Å². The maximum atomic E-state index is 12.3. The highest BCUT2D eigenvalue weighted by molar-refractivity contribution is 5.85. The molecule has 0 unspecified atom stereocenters. The third-order valence-electron chi connectivity index (χ3n) is 3.76. The normalized spacial score (nSPS) is 11.0. The van der Waals surface area contributed by atoms with Crippen LogP contribution in [0.4, 0.5) is 0 Å². The van der Waals surface area contributed by atoms with E-state index in [1.54, 1.807) is 18.2 Å². The molecule has 1 aromatic heterocycles. The lowest BCUT2D eigenvalue weighted by molar-refractivity contribution is 0.0556. The van der Waals surface area contributed by atoms with Crippen LogP contribution in [0.15, 0.2) is 71.5 Å². The first-order chi connectivity index (χ1) is 11.3. The Morgan fingerprint density at radius 2 is 1.61 bits per heavy atom. The molecule has 0 fully saturated rings. The number of hydrogen-bond donors (Lipinski definition) is 0. The van der Waals surface area contributed by atoms with E-state index in [2.05, 4.69) is 10.3 Å². The van der Waals surface area contributed by atoms with Crippen molar-refractivity contribution in [1.29, 1.82) is 0 Å². The molecule has 0 saturated carbocycles. The number of rotatable bonds is 3. The summed E-state index contributed by atoms with van der Waals surface area (Å²) in [6, 6.07) is 21.1. The molecule has 5 heteroatoms. The molecule has 0 aliphatic rings. The highest BCUT2D eigenvalue weighted by atomic mass is 16.7. The molecular formula is C18H13N3O2. The van der Waals surface area contributed by atoms with Crippen LogP contribution in [0.5, 0.6) is 0 Å². The molecule has 0 bridgehead atoms. The van der Waals surface area contributed by atoms with Crippen LogP contribution in [0.1, 0.15) is 5.56 Å². The standard InChI is InChI=1S/C18H13N3O2/c22-18-16-10-3-4-11-17(16)19-20-21(18)23-12-14-8-5-7-13-6-1-2-9-15(13)14/h1-11H,12H2. The van der Waals surface area contributed by atoms with Crippen LogP contribution in [0, 0.1) is 0 Å². The molecule has 4 rings (SSSR count). The Morgan fingerprint density at radius 3 is 2.52 bits per heavy atom. The largest absolute Gasteiger partial charge is 0.388 e. The summed E-state index contributed by atoms with van der Waals surface area (Å²) in [4.78, 5) is 18.9. The molecule has 0 radical (unpaired) electrons. The van der Waals surface area contributed by atoms with Crippen molar-refractivity contribution >= 4 is 21.7 Å². The van der Waals surface area contributed by atoms with Gasteiger partial charge in [-0.2, -0.15) is 0 Å². The zero-order valence-corrected chi connectivity index (χ0v) is 12.2. The van der Waals surface area contributed by atoms with Gasteiger partial charge in [0, 0.05) is 0 Å². The fourth-order valence-corrected chi connectivity index (χ4v) is 2.61. The number of aromatic nitrogens is 3. The maximum Gasteiger partial charge on any atom is 0.314 e. The smallest absolute Gasteiger partial charge is 0.314 e. The Kier molecular flexibility index (Phi) is 3.24. The van der Waals surface area contributed by atoms with Crippen LogP contribution in [0.2, 0.25) is 0 Å². The minimum atomic E-state index is -0.309. The lowest BCUT2D eigenvalue weighted by Crippen LogP contribution is -2.30. The van der Waals surface area contributed by atoms with E-state index in [0.29, 0.717) is 10.9 Å². The number of hydrogen-bond acceptors (Lipinski definition) is 4. The third kappa shape index (κ3) is 2.42. The van der Waals surface area contributed by atoms with Crippen LogP contribution in [-0.2, 0) is 6.61 Å². The van der Waals surface area contributed by atoms with E-state index in [9.17, 15) is 4.79 Å². The van der Waals surface area contributed by atoms with Gasteiger partial charge in [0.25, 0.3) is 0 Å². The lowest BCUT2D eigenvalue weighted by Gasteiger charge is -2.09. The van der Waals surface area contributed by atoms with Gasteiger partial charge < -0.3 is 4.84 Å². The van der Waals surface area contributed by atoms with Gasteiger partial charge in [-0.15, -0.1) is 5.10 Å². The van der Waals surface area contributed by atoms with Crippen molar-refractivity contribution in [1.82, 2.24) is 15.2 Å². The molecule has 0 atom stereocenters. The summed E-state index contributed by atoms with van der Waals surface area (Å²) in [5.74, 6) is 0. The maximum absolute atomic E-state index is 12.3. The molecule has 0 saturated heterocycles. The summed E-state index contributed by atoms with van der Waals surface area (Å²) in [6.07, 6.45) is 0. The molecule has 0 N–H and O–H groups in total. The van der Waals surface area contributed by atoms with Gasteiger partial charge in [0.2, 0.25) is 0 Å². The number of fused-ring (bicyclic) bond motifs is 2. The summed E-state index contributed by atoms with van der Waals surface area (Å²) in [7, 11) is 0. The van der Waals surface area contributed by atoms with E-state index in [0.717, 1.165) is 21.2 Å². The first-order valence-corrected chi connectivity index (χ1v) is 7.27. The van der Waals surface area contributed by atoms with E-state index in [1.807, 2.05) is 48.5 Å². The first kappa shape index (κ1) is 13.5. The van der Waals surface area contributed by atoms with Gasteiger partial charge >= 0.3 is 5.56 Å². The average molecular weight is 303 g/mol. The molecule has 1 heterocycles. The average Bonchev–Trinajstić information content (AvgIpc) is 2.61. The second-order valence-electron chi connectivity index (χ2n) is 5.20. The number of nitrogens with zero attached hydrogens (tertiary/aromatic N) is 3. The van der Waals surface area contributed by atoms with Crippen molar-refractivity contribution in [3.8, 4) is 0 Å². The highest BCUT2D eigenvalue weighted by Crippen LogP contribution is 2.18. The third-order valence-corrected chi connectivity index (χ3v) is 3.76. The van der Waals surface area contributed by atoms with Gasteiger partial charge in [-0.25, -0.2) is 0 Å². The van der Waals surface area contributed by atoms with Gasteiger partial charge in [0.15, 0.2) is 0 Å². The monoisotopic (exact) mass is 303 g/mol. The summed E-state index contributed by atoms with van der Waals surface area (Å²) in [6.45, 7) is 0.244. The lowest BCUT2D eigenvalue weighted by atomic mass is 10.1. The Balaban J connectivity index is 1.69. The Bertz CT molecular complexity index is 1050. The Morgan fingerprint density at radius 1 is 0.870 bits per heavy atom. The van der Waals surface area contributed by atoms with Gasteiger partial charge in [-0.3, -0.25) is 4.79 Å². The molecule has 0 amide bonds. The topological polar surface area (TPSA) is 57.0 Å². The van der Waals surface area contributed by atoms with Crippen molar-refractivity contribution in [3.05, 3.63) is 82.6 Å².